The van der Waals surface area contributed by atoms with Crippen LogP contribution in [0, 0.1) is 13.8 Å². The number of aryl methyl sites for hydroxylation is 2. The summed E-state index contributed by atoms with van der Waals surface area (Å²) < 4.78 is 11.5. The van der Waals surface area contributed by atoms with Gasteiger partial charge in [-0.15, -0.1) is 0 Å². The van der Waals surface area contributed by atoms with E-state index >= 15 is 0 Å². The van der Waals surface area contributed by atoms with Gasteiger partial charge in [0.2, 0.25) is 0 Å². The number of hydrogen-bond donors (Lipinski definition) is 0. The van der Waals surface area contributed by atoms with Crippen LogP contribution in [0.4, 0.5) is 0 Å². The van der Waals surface area contributed by atoms with E-state index in [-0.39, 0.29) is 5.78 Å². The number of ether oxygens (including phenoxy) is 2. The highest BCUT2D eigenvalue weighted by molar-refractivity contribution is 6.42. The normalized spacial score (nSPS) is 11.0. The number of para-hydroxylation sites is 1. The minimum atomic E-state index is -0.155. The summed E-state index contributed by atoms with van der Waals surface area (Å²) in [7, 11) is 1.63. The van der Waals surface area contributed by atoms with Crippen LogP contribution in [0.2, 0.25) is 10.0 Å². The van der Waals surface area contributed by atoms with Crippen molar-refractivity contribution >= 4 is 35.1 Å². The van der Waals surface area contributed by atoms with E-state index in [2.05, 4.69) is 0 Å². The molecule has 0 N–H and O–H groups in total. The standard InChI is InChI=1S/C25H22Cl2O3/c1-16-5-4-6-17(2)25(16)30-15-20-13-18(8-12-24(20)29-3)7-11-23(28)19-9-10-21(26)22(27)14-19/h4-14H,15H2,1-3H3/b11-7+. The molecule has 0 aromatic heterocycles. The first-order valence-corrected chi connectivity index (χ1v) is 10.2. The van der Waals surface area contributed by atoms with Gasteiger partial charge < -0.3 is 9.47 Å². The summed E-state index contributed by atoms with van der Waals surface area (Å²) in [6.45, 7) is 4.40. The third-order valence-corrected chi connectivity index (χ3v) is 5.46. The molecule has 0 saturated heterocycles. The van der Waals surface area contributed by atoms with Gasteiger partial charge in [0, 0.05) is 11.1 Å². The second-order valence-electron chi connectivity index (χ2n) is 6.91. The van der Waals surface area contributed by atoms with Crippen molar-refractivity contribution in [3.05, 3.63) is 98.5 Å². The molecule has 3 aromatic carbocycles. The molecule has 3 nitrogen and oxygen atoms in total. The molecule has 30 heavy (non-hydrogen) atoms. The first-order valence-electron chi connectivity index (χ1n) is 9.42. The summed E-state index contributed by atoms with van der Waals surface area (Å²) in [5.74, 6) is 1.45. The van der Waals surface area contributed by atoms with Crippen LogP contribution < -0.4 is 9.47 Å². The van der Waals surface area contributed by atoms with Gasteiger partial charge in [0.1, 0.15) is 18.1 Å². The first-order chi connectivity index (χ1) is 14.4. The lowest BCUT2D eigenvalue weighted by molar-refractivity contribution is 0.104. The Labute approximate surface area is 186 Å². The van der Waals surface area contributed by atoms with Crippen LogP contribution in [-0.4, -0.2) is 12.9 Å². The van der Waals surface area contributed by atoms with Crippen LogP contribution in [-0.2, 0) is 6.61 Å². The van der Waals surface area contributed by atoms with Crippen molar-refractivity contribution in [2.24, 2.45) is 0 Å². The molecule has 0 spiro atoms. The Morgan fingerprint density at radius 3 is 2.37 bits per heavy atom. The molecule has 154 valence electrons. The molecule has 0 saturated carbocycles. The third-order valence-electron chi connectivity index (χ3n) is 4.72. The largest absolute Gasteiger partial charge is 0.496 e. The molecule has 0 fully saturated rings. The Morgan fingerprint density at radius 1 is 0.967 bits per heavy atom. The molecule has 3 rings (SSSR count). The Balaban J connectivity index is 1.79. The lowest BCUT2D eigenvalue weighted by atomic mass is 10.1. The highest BCUT2D eigenvalue weighted by atomic mass is 35.5. The second kappa shape index (κ2) is 9.84. The Bertz CT molecular complexity index is 1080. The fourth-order valence-corrected chi connectivity index (χ4v) is 3.41. The quantitative estimate of drug-likeness (QED) is 0.290. The molecule has 0 atom stereocenters. The molecule has 0 amide bonds. The van der Waals surface area contributed by atoms with E-state index in [1.165, 1.54) is 6.08 Å². The highest BCUT2D eigenvalue weighted by Crippen LogP contribution is 2.27. The van der Waals surface area contributed by atoms with Gasteiger partial charge >= 0.3 is 0 Å². The van der Waals surface area contributed by atoms with Crippen molar-refractivity contribution in [1.82, 2.24) is 0 Å². The maximum atomic E-state index is 12.4. The number of allylic oxidation sites excluding steroid dienone is 1. The van der Waals surface area contributed by atoms with Crippen molar-refractivity contribution in [2.75, 3.05) is 7.11 Å². The van der Waals surface area contributed by atoms with E-state index in [9.17, 15) is 4.79 Å². The van der Waals surface area contributed by atoms with Gasteiger partial charge in [-0.25, -0.2) is 0 Å². The van der Waals surface area contributed by atoms with E-state index in [0.717, 1.165) is 33.8 Å². The maximum absolute atomic E-state index is 12.4. The lowest BCUT2D eigenvalue weighted by Gasteiger charge is -2.14. The Morgan fingerprint density at radius 2 is 1.70 bits per heavy atom. The fourth-order valence-electron chi connectivity index (χ4n) is 3.11. The Kier molecular flexibility index (Phi) is 7.20. The maximum Gasteiger partial charge on any atom is 0.185 e. The van der Waals surface area contributed by atoms with Gasteiger partial charge in [-0.3, -0.25) is 4.79 Å². The summed E-state index contributed by atoms with van der Waals surface area (Å²) in [5.41, 5.74) is 4.40. The summed E-state index contributed by atoms with van der Waals surface area (Å²) in [4.78, 5) is 12.4. The lowest BCUT2D eigenvalue weighted by Crippen LogP contribution is -2.01. The minimum Gasteiger partial charge on any atom is -0.496 e. The van der Waals surface area contributed by atoms with Gasteiger partial charge in [0.05, 0.1) is 17.2 Å². The molecule has 0 heterocycles. The molecule has 5 heteroatoms. The smallest absolute Gasteiger partial charge is 0.185 e. The monoisotopic (exact) mass is 440 g/mol. The van der Waals surface area contributed by atoms with Crippen LogP contribution in [0.3, 0.4) is 0 Å². The van der Waals surface area contributed by atoms with Crippen molar-refractivity contribution in [2.45, 2.75) is 20.5 Å². The molecule has 0 aliphatic rings. The molecule has 0 aliphatic carbocycles. The van der Waals surface area contributed by atoms with Crippen molar-refractivity contribution in [3.8, 4) is 11.5 Å². The number of halogens is 2. The van der Waals surface area contributed by atoms with Crippen molar-refractivity contribution < 1.29 is 14.3 Å². The van der Waals surface area contributed by atoms with E-state index in [0.29, 0.717) is 22.2 Å². The highest BCUT2D eigenvalue weighted by Gasteiger charge is 2.09. The van der Waals surface area contributed by atoms with Gasteiger partial charge in [-0.05, 0) is 66.9 Å². The van der Waals surface area contributed by atoms with E-state index in [1.807, 2.05) is 50.2 Å². The number of benzene rings is 3. The zero-order valence-corrected chi connectivity index (χ0v) is 18.6. The van der Waals surface area contributed by atoms with Crippen LogP contribution in [0.25, 0.3) is 6.08 Å². The summed E-state index contributed by atoms with van der Waals surface area (Å²) in [6, 6.07) is 16.6. The molecule has 0 bridgehead atoms. The molecule has 0 aliphatic heterocycles. The number of rotatable bonds is 7. The molecular formula is C25H22Cl2O3. The minimum absolute atomic E-state index is 0.155. The van der Waals surface area contributed by atoms with Gasteiger partial charge in [-0.2, -0.15) is 0 Å². The Hall–Kier alpha value is -2.75. The molecular weight excluding hydrogens is 419 g/mol. The second-order valence-corrected chi connectivity index (χ2v) is 7.72. The van der Waals surface area contributed by atoms with E-state index < -0.39 is 0 Å². The van der Waals surface area contributed by atoms with E-state index in [4.69, 9.17) is 32.7 Å². The van der Waals surface area contributed by atoms with Crippen LogP contribution in [0.1, 0.15) is 32.6 Å². The number of ketones is 1. The fraction of sp³-hybridized carbons (Fsp3) is 0.160. The summed E-state index contributed by atoms with van der Waals surface area (Å²) >= 11 is 11.9. The van der Waals surface area contributed by atoms with Gasteiger partial charge in [0.25, 0.3) is 0 Å². The predicted molar refractivity (Wildman–Crippen MR) is 123 cm³/mol. The first kappa shape index (κ1) is 21.9. The van der Waals surface area contributed by atoms with Gasteiger partial charge in [0.15, 0.2) is 5.78 Å². The predicted octanol–water partition coefficient (Wildman–Crippen LogP) is 7.09. The average molecular weight is 441 g/mol. The SMILES string of the molecule is COc1ccc(/C=C/C(=O)c2ccc(Cl)c(Cl)c2)cc1COc1c(C)cccc1C. The average Bonchev–Trinajstić information content (AvgIpc) is 2.73. The number of carbonyl (C=O) groups excluding carboxylic acids is 1. The topological polar surface area (TPSA) is 35.5 Å². The van der Waals surface area contributed by atoms with Crippen LogP contribution in [0.15, 0.2) is 60.7 Å². The number of carbonyl (C=O) groups is 1. The van der Waals surface area contributed by atoms with E-state index in [1.54, 1.807) is 31.4 Å². The van der Waals surface area contributed by atoms with Crippen LogP contribution in [0.5, 0.6) is 11.5 Å². The summed E-state index contributed by atoms with van der Waals surface area (Å²) in [5, 5.41) is 0.771. The zero-order chi connectivity index (χ0) is 21.7. The van der Waals surface area contributed by atoms with Crippen molar-refractivity contribution in [1.29, 1.82) is 0 Å². The summed E-state index contributed by atoms with van der Waals surface area (Å²) in [6.07, 6.45) is 3.27. The van der Waals surface area contributed by atoms with Crippen LogP contribution >= 0.6 is 23.2 Å². The van der Waals surface area contributed by atoms with Crippen molar-refractivity contribution in [3.63, 3.8) is 0 Å². The molecule has 0 radical (unpaired) electrons. The molecule has 0 unspecified atom stereocenters. The molecule has 3 aromatic rings. The number of hydrogen-bond acceptors (Lipinski definition) is 3. The zero-order valence-electron chi connectivity index (χ0n) is 17.0. The third kappa shape index (κ3) is 5.24. The number of methoxy groups -OCH3 is 1. The van der Waals surface area contributed by atoms with Gasteiger partial charge in [-0.1, -0.05) is 53.5 Å².